The van der Waals surface area contributed by atoms with Crippen molar-refractivity contribution in [1.82, 2.24) is 0 Å². The van der Waals surface area contributed by atoms with Gasteiger partial charge >= 0.3 is 0 Å². The smallest absolute Gasteiger partial charge is 0.206 e. The molecule has 0 radical (unpaired) electrons. The number of ether oxygens (including phenoxy) is 1. The Balaban J connectivity index is 2.36. The van der Waals surface area contributed by atoms with Crippen LogP contribution < -0.4 is 0 Å². The molecule has 0 aliphatic carbocycles. The summed E-state index contributed by atoms with van der Waals surface area (Å²) in [6.45, 7) is 2.40. The summed E-state index contributed by atoms with van der Waals surface area (Å²) in [5.41, 5.74) is 1.99. The van der Waals surface area contributed by atoms with Crippen molar-refractivity contribution in [3.05, 3.63) is 59.7 Å². The Morgan fingerprint density at radius 2 is 1.37 bits per heavy atom. The monoisotopic (exact) mass is 276 g/mol. The van der Waals surface area contributed by atoms with Gasteiger partial charge in [-0.15, -0.1) is 0 Å². The van der Waals surface area contributed by atoms with Gasteiger partial charge < -0.3 is 4.74 Å². The molecule has 0 fully saturated rings. The van der Waals surface area contributed by atoms with Gasteiger partial charge in [0.25, 0.3) is 0 Å². The van der Waals surface area contributed by atoms with Crippen LogP contribution in [-0.4, -0.2) is 15.5 Å². The Kier molecular flexibility index (Phi) is 4.02. The van der Waals surface area contributed by atoms with Gasteiger partial charge in [-0.3, -0.25) is 0 Å². The van der Waals surface area contributed by atoms with Gasteiger partial charge in [0.05, 0.1) is 16.4 Å². The fraction of sp³-hybridized carbons (Fsp3) is 0.200. The third-order valence-electron chi connectivity index (χ3n) is 2.88. The average molecular weight is 276 g/mol. The molecule has 0 aromatic heterocycles. The molecule has 2 aromatic rings. The molecular weight excluding hydrogens is 260 g/mol. The van der Waals surface area contributed by atoms with Gasteiger partial charge in [-0.25, -0.2) is 8.42 Å². The fourth-order valence-electron chi connectivity index (χ4n) is 1.79. The van der Waals surface area contributed by atoms with E-state index in [9.17, 15) is 8.42 Å². The van der Waals surface area contributed by atoms with Crippen molar-refractivity contribution in [2.24, 2.45) is 0 Å². The van der Waals surface area contributed by atoms with Gasteiger partial charge in [0.2, 0.25) is 9.84 Å². The molecule has 0 saturated carbocycles. The summed E-state index contributed by atoms with van der Waals surface area (Å²) in [4.78, 5) is 0.619. The van der Waals surface area contributed by atoms with Crippen molar-refractivity contribution in [3.63, 3.8) is 0 Å². The molecule has 100 valence electrons. The predicted octanol–water partition coefficient (Wildman–Crippen LogP) is 2.97. The summed E-state index contributed by atoms with van der Waals surface area (Å²) in [7, 11) is -1.82. The number of sulfone groups is 1. The van der Waals surface area contributed by atoms with Crippen molar-refractivity contribution < 1.29 is 13.2 Å². The lowest BCUT2D eigenvalue weighted by Gasteiger charge is -2.06. The van der Waals surface area contributed by atoms with E-state index in [1.54, 1.807) is 55.6 Å². The number of methoxy groups -OCH3 is 1. The van der Waals surface area contributed by atoms with Crippen LogP contribution >= 0.6 is 0 Å². The fourth-order valence-corrected chi connectivity index (χ4v) is 3.05. The van der Waals surface area contributed by atoms with Crippen molar-refractivity contribution >= 4 is 9.84 Å². The number of hydrogen-bond donors (Lipinski definition) is 0. The van der Waals surface area contributed by atoms with E-state index in [2.05, 4.69) is 0 Å². The van der Waals surface area contributed by atoms with E-state index >= 15 is 0 Å². The SMILES string of the molecule is COCc1ccc(S(=O)(=O)c2ccc(C)cc2)cc1. The van der Waals surface area contributed by atoms with E-state index < -0.39 is 9.84 Å². The minimum Gasteiger partial charge on any atom is -0.380 e. The number of benzene rings is 2. The molecule has 0 bridgehead atoms. The molecule has 0 atom stereocenters. The van der Waals surface area contributed by atoms with Gasteiger partial charge in [0.1, 0.15) is 0 Å². The second kappa shape index (κ2) is 5.55. The highest BCUT2D eigenvalue weighted by Crippen LogP contribution is 2.21. The van der Waals surface area contributed by atoms with E-state index in [0.29, 0.717) is 16.4 Å². The van der Waals surface area contributed by atoms with E-state index in [4.69, 9.17) is 4.74 Å². The summed E-state index contributed by atoms with van der Waals surface area (Å²) in [6.07, 6.45) is 0. The van der Waals surface area contributed by atoms with Crippen molar-refractivity contribution in [2.45, 2.75) is 23.3 Å². The second-order valence-corrected chi connectivity index (χ2v) is 6.34. The summed E-state index contributed by atoms with van der Waals surface area (Å²) < 4.78 is 29.8. The van der Waals surface area contributed by atoms with Crippen LogP contribution in [0.2, 0.25) is 0 Å². The molecule has 0 saturated heterocycles. The van der Waals surface area contributed by atoms with Crippen LogP contribution in [0.1, 0.15) is 11.1 Å². The first-order valence-electron chi connectivity index (χ1n) is 5.93. The van der Waals surface area contributed by atoms with Crippen LogP contribution in [0.25, 0.3) is 0 Å². The van der Waals surface area contributed by atoms with E-state index in [1.807, 2.05) is 6.92 Å². The van der Waals surface area contributed by atoms with Crippen molar-refractivity contribution in [1.29, 1.82) is 0 Å². The molecular formula is C15H16O3S. The Hall–Kier alpha value is -1.65. The van der Waals surface area contributed by atoms with E-state index in [0.717, 1.165) is 11.1 Å². The van der Waals surface area contributed by atoms with Crippen LogP contribution in [-0.2, 0) is 21.2 Å². The molecule has 0 aliphatic rings. The summed E-state index contributed by atoms with van der Waals surface area (Å²) in [5.74, 6) is 0. The molecule has 0 aliphatic heterocycles. The lowest BCUT2D eigenvalue weighted by molar-refractivity contribution is 0.185. The van der Waals surface area contributed by atoms with Gasteiger partial charge in [0, 0.05) is 7.11 Å². The number of rotatable bonds is 4. The van der Waals surface area contributed by atoms with E-state index in [-0.39, 0.29) is 0 Å². The zero-order valence-corrected chi connectivity index (χ0v) is 11.8. The van der Waals surface area contributed by atoms with Crippen LogP contribution in [0.4, 0.5) is 0 Å². The highest BCUT2D eigenvalue weighted by atomic mass is 32.2. The quantitative estimate of drug-likeness (QED) is 0.862. The molecule has 0 spiro atoms. The van der Waals surface area contributed by atoms with Gasteiger partial charge in [-0.1, -0.05) is 29.8 Å². The minimum absolute atomic E-state index is 0.302. The molecule has 4 heteroatoms. The Morgan fingerprint density at radius 3 is 1.84 bits per heavy atom. The van der Waals surface area contributed by atoms with Crippen LogP contribution in [0.15, 0.2) is 58.3 Å². The minimum atomic E-state index is -3.43. The predicted molar refractivity (Wildman–Crippen MR) is 73.8 cm³/mol. The summed E-state index contributed by atoms with van der Waals surface area (Å²) in [5, 5.41) is 0. The molecule has 0 unspecified atom stereocenters. The number of hydrogen-bond acceptors (Lipinski definition) is 3. The second-order valence-electron chi connectivity index (χ2n) is 4.39. The van der Waals surface area contributed by atoms with Crippen molar-refractivity contribution in [2.75, 3.05) is 7.11 Å². The Morgan fingerprint density at radius 1 is 0.895 bits per heavy atom. The van der Waals surface area contributed by atoms with Crippen LogP contribution in [0.5, 0.6) is 0 Å². The first kappa shape index (κ1) is 13.8. The highest BCUT2D eigenvalue weighted by Gasteiger charge is 2.16. The lowest BCUT2D eigenvalue weighted by Crippen LogP contribution is -2.02. The maximum Gasteiger partial charge on any atom is 0.206 e. The normalized spacial score (nSPS) is 11.5. The van der Waals surface area contributed by atoms with Crippen molar-refractivity contribution in [3.8, 4) is 0 Å². The summed E-state index contributed by atoms with van der Waals surface area (Å²) in [6, 6.07) is 13.6. The van der Waals surface area contributed by atoms with E-state index in [1.165, 1.54) is 0 Å². The van der Waals surface area contributed by atoms with Gasteiger partial charge in [0.15, 0.2) is 0 Å². The van der Waals surface area contributed by atoms with Gasteiger partial charge in [-0.2, -0.15) is 0 Å². The Labute approximate surface area is 113 Å². The molecule has 3 nitrogen and oxygen atoms in total. The topological polar surface area (TPSA) is 43.4 Å². The number of aryl methyl sites for hydroxylation is 1. The first-order chi connectivity index (χ1) is 9.04. The van der Waals surface area contributed by atoms with Gasteiger partial charge in [-0.05, 0) is 36.8 Å². The third kappa shape index (κ3) is 3.03. The summed E-state index contributed by atoms with van der Waals surface area (Å²) >= 11 is 0. The zero-order valence-electron chi connectivity index (χ0n) is 11.0. The molecule has 0 heterocycles. The standard InChI is InChI=1S/C15H16O3S/c1-12-3-7-14(8-4-12)19(16,17)15-9-5-13(6-10-15)11-18-2/h3-10H,11H2,1-2H3. The first-order valence-corrected chi connectivity index (χ1v) is 7.42. The highest BCUT2D eigenvalue weighted by molar-refractivity contribution is 7.91. The zero-order chi connectivity index (χ0) is 13.9. The molecule has 19 heavy (non-hydrogen) atoms. The average Bonchev–Trinajstić information content (AvgIpc) is 2.40. The Bertz CT molecular complexity index is 641. The van der Waals surface area contributed by atoms with Crippen LogP contribution in [0.3, 0.4) is 0 Å². The maximum absolute atomic E-state index is 12.4. The molecule has 0 N–H and O–H groups in total. The maximum atomic E-state index is 12.4. The lowest BCUT2D eigenvalue weighted by atomic mass is 10.2. The third-order valence-corrected chi connectivity index (χ3v) is 4.66. The molecule has 2 aromatic carbocycles. The van der Waals surface area contributed by atoms with Crippen LogP contribution in [0, 0.1) is 6.92 Å². The molecule has 0 amide bonds. The largest absolute Gasteiger partial charge is 0.380 e. The molecule has 2 rings (SSSR count).